The molecule has 2 heterocycles. The molecule has 4 amide bonds. The first-order valence-corrected chi connectivity index (χ1v) is 11.0. The summed E-state index contributed by atoms with van der Waals surface area (Å²) in [6, 6.07) is -0.750. The van der Waals surface area contributed by atoms with E-state index in [0.717, 1.165) is 37.9 Å². The number of rotatable bonds is 6. The molecule has 9 nitrogen and oxygen atoms in total. The number of urea groups is 1. The van der Waals surface area contributed by atoms with Gasteiger partial charge in [-0.25, -0.2) is 9.78 Å². The number of hydrogen-bond acceptors (Lipinski definition) is 5. The fraction of sp³-hybridized carbons (Fsp3) is 0.714. The summed E-state index contributed by atoms with van der Waals surface area (Å²) in [7, 11) is 0. The number of carbonyl (C=O) groups is 3. The van der Waals surface area contributed by atoms with E-state index in [4.69, 9.17) is 0 Å². The van der Waals surface area contributed by atoms with E-state index < -0.39 is 11.6 Å². The molecule has 1 aromatic rings. The van der Waals surface area contributed by atoms with Crippen molar-refractivity contribution in [2.45, 2.75) is 88.4 Å². The quantitative estimate of drug-likeness (QED) is 0.605. The van der Waals surface area contributed by atoms with Crippen molar-refractivity contribution in [3.05, 3.63) is 18.2 Å². The number of amides is 4. The van der Waals surface area contributed by atoms with Gasteiger partial charge in [-0.05, 0) is 45.4 Å². The Balaban J connectivity index is 1.26. The first-order valence-electron chi connectivity index (χ1n) is 11.0. The molecule has 1 aliphatic heterocycles. The van der Waals surface area contributed by atoms with Gasteiger partial charge in [0.05, 0.1) is 18.2 Å². The number of aliphatic hydroxyl groups excluding tert-OH is 1. The summed E-state index contributed by atoms with van der Waals surface area (Å²) in [5.41, 5.74) is -0.702. The number of aromatic nitrogens is 2. The minimum absolute atomic E-state index is 0.0972. The summed E-state index contributed by atoms with van der Waals surface area (Å²) in [5.74, 6) is 0.538. The van der Waals surface area contributed by atoms with Crippen LogP contribution in [0.2, 0.25) is 0 Å². The van der Waals surface area contributed by atoms with Gasteiger partial charge in [-0.2, -0.15) is 0 Å². The van der Waals surface area contributed by atoms with Crippen LogP contribution in [0.25, 0.3) is 0 Å². The lowest BCUT2D eigenvalue weighted by Crippen LogP contribution is -2.49. The molecule has 1 saturated heterocycles. The maximum absolute atomic E-state index is 12.7. The van der Waals surface area contributed by atoms with E-state index in [0.29, 0.717) is 19.3 Å². The molecule has 3 fully saturated rings. The van der Waals surface area contributed by atoms with Gasteiger partial charge in [-0.15, -0.1) is 0 Å². The molecule has 0 radical (unpaired) electrons. The topological polar surface area (TPSA) is 117 Å². The Kier molecular flexibility index (Phi) is 5.81. The molecule has 4 rings (SSSR count). The first kappa shape index (κ1) is 20.8. The first-order chi connectivity index (χ1) is 14.4. The molecule has 2 saturated carbocycles. The maximum atomic E-state index is 12.7. The van der Waals surface area contributed by atoms with E-state index in [-0.39, 0.29) is 42.9 Å². The number of nitrogens with one attached hydrogen (secondary N) is 2. The Bertz CT molecular complexity index is 816. The minimum Gasteiger partial charge on any atom is -0.389 e. The van der Waals surface area contributed by atoms with Gasteiger partial charge in [0, 0.05) is 25.4 Å². The summed E-state index contributed by atoms with van der Waals surface area (Å²) in [6.07, 6.45) is 9.31. The largest absolute Gasteiger partial charge is 0.389 e. The van der Waals surface area contributed by atoms with Gasteiger partial charge in [0.15, 0.2) is 0 Å². The van der Waals surface area contributed by atoms with Crippen LogP contribution in [0.15, 0.2) is 12.4 Å². The summed E-state index contributed by atoms with van der Waals surface area (Å²) in [4.78, 5) is 42.8. The molecule has 164 valence electrons. The van der Waals surface area contributed by atoms with Crippen molar-refractivity contribution in [3.8, 4) is 0 Å². The summed E-state index contributed by atoms with van der Waals surface area (Å²) >= 11 is 0. The molecule has 2 aliphatic carbocycles. The number of imide groups is 1. The van der Waals surface area contributed by atoms with Gasteiger partial charge in [0.1, 0.15) is 11.4 Å². The molecule has 0 bridgehead atoms. The second-order valence-electron chi connectivity index (χ2n) is 8.82. The average molecular weight is 418 g/mol. The lowest BCUT2D eigenvalue weighted by Gasteiger charge is -2.36. The molecule has 3 atom stereocenters. The number of carbonyl (C=O) groups excluding carboxylic acids is 3. The smallest absolute Gasteiger partial charge is 0.325 e. The summed E-state index contributed by atoms with van der Waals surface area (Å²) in [6.45, 7) is 2.14. The van der Waals surface area contributed by atoms with Gasteiger partial charge >= 0.3 is 6.03 Å². The molecule has 3 aliphatic rings. The predicted octanol–water partition coefficient (Wildman–Crippen LogP) is 1.41. The van der Waals surface area contributed by atoms with Gasteiger partial charge in [-0.3, -0.25) is 14.5 Å². The van der Waals surface area contributed by atoms with Crippen LogP contribution in [0.4, 0.5) is 4.79 Å². The minimum atomic E-state index is -0.702. The van der Waals surface area contributed by atoms with Crippen molar-refractivity contribution < 1.29 is 19.5 Å². The zero-order chi connectivity index (χ0) is 21.3. The Morgan fingerprint density at radius 1 is 1.30 bits per heavy atom. The zero-order valence-corrected chi connectivity index (χ0v) is 17.5. The predicted molar refractivity (Wildman–Crippen MR) is 108 cm³/mol. The Morgan fingerprint density at radius 2 is 2.07 bits per heavy atom. The van der Waals surface area contributed by atoms with Crippen molar-refractivity contribution in [1.29, 1.82) is 0 Å². The molecule has 1 spiro atoms. The van der Waals surface area contributed by atoms with Crippen LogP contribution in [0.1, 0.15) is 69.7 Å². The summed E-state index contributed by atoms with van der Waals surface area (Å²) in [5, 5.41) is 16.6. The van der Waals surface area contributed by atoms with Crippen molar-refractivity contribution in [2.24, 2.45) is 0 Å². The lowest BCUT2D eigenvalue weighted by molar-refractivity contribution is -0.131. The van der Waals surface area contributed by atoms with E-state index >= 15 is 0 Å². The van der Waals surface area contributed by atoms with Crippen molar-refractivity contribution in [2.75, 3.05) is 6.54 Å². The normalized spacial score (nSPS) is 28.2. The van der Waals surface area contributed by atoms with Crippen LogP contribution < -0.4 is 10.6 Å². The molecule has 3 N–H and O–H groups in total. The highest BCUT2D eigenvalue weighted by Crippen LogP contribution is 2.35. The van der Waals surface area contributed by atoms with Crippen LogP contribution in [0.5, 0.6) is 0 Å². The molecule has 0 unspecified atom stereocenters. The molecule has 30 heavy (non-hydrogen) atoms. The second-order valence-corrected chi connectivity index (χ2v) is 8.82. The van der Waals surface area contributed by atoms with E-state index in [1.54, 1.807) is 6.20 Å². The van der Waals surface area contributed by atoms with Crippen LogP contribution in [-0.4, -0.2) is 61.6 Å². The molecular formula is C21H31N5O4. The van der Waals surface area contributed by atoms with Gasteiger partial charge < -0.3 is 20.3 Å². The third-order valence-electron chi connectivity index (χ3n) is 6.88. The van der Waals surface area contributed by atoms with Crippen LogP contribution in [-0.2, 0) is 9.59 Å². The van der Waals surface area contributed by atoms with Crippen molar-refractivity contribution >= 4 is 17.8 Å². The van der Waals surface area contributed by atoms with Crippen LogP contribution in [0.3, 0.4) is 0 Å². The Morgan fingerprint density at radius 3 is 2.77 bits per heavy atom. The van der Waals surface area contributed by atoms with E-state index in [9.17, 15) is 19.5 Å². The monoisotopic (exact) mass is 417 g/mol. The van der Waals surface area contributed by atoms with Gasteiger partial charge in [-0.1, -0.05) is 12.8 Å². The zero-order valence-electron chi connectivity index (χ0n) is 17.5. The molecule has 1 aromatic heterocycles. The molecular weight excluding hydrogens is 386 g/mol. The van der Waals surface area contributed by atoms with E-state index in [1.807, 2.05) is 17.7 Å². The highest BCUT2D eigenvalue weighted by molar-refractivity contribution is 6.07. The number of aliphatic hydroxyl groups is 1. The Labute approximate surface area is 176 Å². The van der Waals surface area contributed by atoms with Crippen molar-refractivity contribution in [1.82, 2.24) is 25.1 Å². The molecule has 9 heteroatoms. The lowest BCUT2D eigenvalue weighted by atomic mass is 9.87. The number of hydrogen-bond donors (Lipinski definition) is 3. The summed E-state index contributed by atoms with van der Waals surface area (Å²) < 4.78 is 1.97. The number of nitrogens with zero attached hydrogens (tertiary/aromatic N) is 3. The fourth-order valence-corrected chi connectivity index (χ4v) is 5.23. The maximum Gasteiger partial charge on any atom is 0.325 e. The number of imidazole rings is 1. The standard InChI is InChI=1S/C21H31N5O4/c1-14-22-11-13-25(14)16-7-4-6-15(18(16)28)23-17(27)8-5-12-26-19(29)21(24-20(26)30)9-2-3-10-21/h11,13,15-16,18,28H,2-10,12H2,1H3,(H,23,27)(H,24,30)/t15-,16-,18-/m1/s1. The van der Waals surface area contributed by atoms with Gasteiger partial charge in [0.2, 0.25) is 5.91 Å². The highest BCUT2D eigenvalue weighted by atomic mass is 16.3. The highest BCUT2D eigenvalue weighted by Gasteiger charge is 2.52. The third-order valence-corrected chi connectivity index (χ3v) is 6.88. The SMILES string of the molecule is Cc1nccn1[C@@H]1CCC[C@@H](NC(=O)CCCN2C(=O)NC3(CCCC3)C2=O)[C@H]1O. The third kappa shape index (κ3) is 3.82. The Hall–Kier alpha value is -2.42. The van der Waals surface area contributed by atoms with E-state index in [1.165, 1.54) is 4.90 Å². The van der Waals surface area contributed by atoms with Crippen molar-refractivity contribution in [3.63, 3.8) is 0 Å². The number of aryl methyl sites for hydroxylation is 1. The van der Waals surface area contributed by atoms with Crippen LogP contribution >= 0.6 is 0 Å². The van der Waals surface area contributed by atoms with E-state index in [2.05, 4.69) is 15.6 Å². The fourth-order valence-electron chi connectivity index (χ4n) is 5.23. The van der Waals surface area contributed by atoms with Crippen LogP contribution in [0, 0.1) is 6.92 Å². The average Bonchev–Trinajstić information content (AvgIpc) is 3.41. The second kappa shape index (κ2) is 8.37. The van der Waals surface area contributed by atoms with Gasteiger partial charge in [0.25, 0.3) is 5.91 Å². The molecule has 0 aromatic carbocycles.